The first-order chi connectivity index (χ1) is 14.0. The second-order valence-corrected chi connectivity index (χ2v) is 12.0. The van der Waals surface area contributed by atoms with Gasteiger partial charge in [0.2, 0.25) is 0 Å². The summed E-state index contributed by atoms with van der Waals surface area (Å²) in [7, 11) is -3.07. The van der Waals surface area contributed by atoms with Gasteiger partial charge in [-0.15, -0.1) is 0 Å². The monoisotopic (exact) mass is 432 g/mol. The second-order valence-electron chi connectivity index (χ2n) is 9.79. The number of hydrogen-bond acceptors (Lipinski definition) is 5. The summed E-state index contributed by atoms with van der Waals surface area (Å²) in [5, 5.41) is 5.53. The highest BCUT2D eigenvalue weighted by molar-refractivity contribution is 7.91. The summed E-state index contributed by atoms with van der Waals surface area (Å²) in [6.45, 7) is 10.7. The molecule has 2 fully saturated rings. The van der Waals surface area contributed by atoms with Crippen molar-refractivity contribution in [3.63, 3.8) is 0 Å². The van der Waals surface area contributed by atoms with Crippen molar-refractivity contribution in [2.45, 2.75) is 77.8 Å². The van der Waals surface area contributed by atoms with E-state index in [2.05, 4.69) is 20.8 Å². The normalized spacial score (nSPS) is 21.3. The smallest absolute Gasteiger partial charge is 0.255 e. The molecule has 2 aromatic heterocycles. The molecule has 1 unspecified atom stereocenters. The molecule has 1 aliphatic heterocycles. The molecule has 0 spiro atoms. The Bertz CT molecular complexity index is 1090. The molecule has 0 aromatic carbocycles. The van der Waals surface area contributed by atoms with Gasteiger partial charge in [-0.2, -0.15) is 5.10 Å². The van der Waals surface area contributed by atoms with Gasteiger partial charge in [0.25, 0.3) is 5.91 Å². The summed E-state index contributed by atoms with van der Waals surface area (Å²) in [5.41, 5.74) is 2.85. The van der Waals surface area contributed by atoms with E-state index in [9.17, 15) is 13.2 Å². The summed E-state index contributed by atoms with van der Waals surface area (Å²) in [6, 6.07) is 1.68. The highest BCUT2D eigenvalue weighted by atomic mass is 32.2. The van der Waals surface area contributed by atoms with Crippen LogP contribution in [0.4, 0.5) is 0 Å². The van der Waals surface area contributed by atoms with Crippen LogP contribution in [0.5, 0.6) is 0 Å². The minimum absolute atomic E-state index is 0.0582. The molecule has 30 heavy (non-hydrogen) atoms. The molecule has 1 amide bonds. The Kier molecular flexibility index (Phi) is 5.19. The molecule has 164 valence electrons. The summed E-state index contributed by atoms with van der Waals surface area (Å²) in [5.74, 6) is 0.523. The van der Waals surface area contributed by atoms with Gasteiger partial charge in [-0.1, -0.05) is 6.92 Å². The molecule has 4 rings (SSSR count). The minimum Gasteiger partial charge on any atom is -0.335 e. The van der Waals surface area contributed by atoms with Gasteiger partial charge in [-0.05, 0) is 59.4 Å². The van der Waals surface area contributed by atoms with Gasteiger partial charge in [0, 0.05) is 24.2 Å². The molecule has 1 atom stereocenters. The van der Waals surface area contributed by atoms with Crippen LogP contribution in [0.25, 0.3) is 11.0 Å². The quantitative estimate of drug-likeness (QED) is 0.723. The molecular formula is C22H32N4O3S. The number of carbonyl (C=O) groups is 1. The molecule has 1 saturated heterocycles. The maximum atomic E-state index is 13.8. The number of amides is 1. The lowest BCUT2D eigenvalue weighted by Gasteiger charge is -2.28. The third-order valence-corrected chi connectivity index (χ3v) is 7.82. The molecular weight excluding hydrogens is 400 g/mol. The fraction of sp³-hybridized carbons (Fsp3) is 0.682. The summed E-state index contributed by atoms with van der Waals surface area (Å²) < 4.78 is 26.1. The average molecular weight is 433 g/mol. The molecule has 3 heterocycles. The Morgan fingerprint density at radius 2 is 1.97 bits per heavy atom. The number of sulfone groups is 1. The highest BCUT2D eigenvalue weighted by Crippen LogP contribution is 2.41. The molecule has 0 radical (unpaired) electrons. The fourth-order valence-electron chi connectivity index (χ4n) is 4.40. The van der Waals surface area contributed by atoms with Crippen LogP contribution in [0.1, 0.15) is 81.0 Å². The summed E-state index contributed by atoms with van der Waals surface area (Å²) in [4.78, 5) is 20.5. The van der Waals surface area contributed by atoms with Crippen LogP contribution in [-0.2, 0) is 15.4 Å². The maximum absolute atomic E-state index is 13.8. The molecule has 7 nitrogen and oxygen atoms in total. The van der Waals surface area contributed by atoms with Crippen LogP contribution in [0.15, 0.2) is 6.07 Å². The summed E-state index contributed by atoms with van der Waals surface area (Å²) >= 11 is 0. The van der Waals surface area contributed by atoms with E-state index in [1.165, 1.54) is 0 Å². The number of aromatic nitrogens is 3. The van der Waals surface area contributed by atoms with Crippen LogP contribution < -0.4 is 0 Å². The Balaban J connectivity index is 1.86. The lowest BCUT2D eigenvalue weighted by atomic mass is 10.0. The molecule has 0 bridgehead atoms. The number of fused-ring (bicyclic) bond motifs is 1. The summed E-state index contributed by atoms with van der Waals surface area (Å²) in [6.07, 6.45) is 3.48. The van der Waals surface area contributed by atoms with Crippen molar-refractivity contribution in [2.24, 2.45) is 0 Å². The van der Waals surface area contributed by atoms with Gasteiger partial charge in [0.05, 0.1) is 33.7 Å². The van der Waals surface area contributed by atoms with Crippen molar-refractivity contribution in [1.29, 1.82) is 0 Å². The largest absolute Gasteiger partial charge is 0.335 e. The Labute approximate surface area is 178 Å². The average Bonchev–Trinajstić information content (AvgIpc) is 3.37. The van der Waals surface area contributed by atoms with Crippen molar-refractivity contribution in [3.8, 4) is 0 Å². The first kappa shape index (κ1) is 21.3. The van der Waals surface area contributed by atoms with Crippen LogP contribution in [-0.4, -0.2) is 58.1 Å². The SMILES string of the molecule is CCCN(C(=O)c1cc(C2CC2)nc2c1c(C)nn2C(C)(C)C)C1CCS(=O)(=O)C1. The Hall–Kier alpha value is -1.96. The van der Waals surface area contributed by atoms with E-state index in [1.807, 2.05) is 24.6 Å². The highest BCUT2D eigenvalue weighted by Gasteiger charge is 2.37. The first-order valence-electron chi connectivity index (χ1n) is 10.9. The molecule has 2 aliphatic rings. The first-order valence-corrected chi connectivity index (χ1v) is 12.8. The standard InChI is InChI=1S/C22H32N4O3S/c1-6-10-25(16-9-11-30(28,29)13-16)21(27)17-12-18(15-7-8-15)23-20-19(17)14(2)24-26(20)22(3,4)5/h12,15-16H,6-11,13H2,1-5H3. The second kappa shape index (κ2) is 7.32. The van der Waals surface area contributed by atoms with Crippen molar-refractivity contribution in [1.82, 2.24) is 19.7 Å². The van der Waals surface area contributed by atoms with E-state index in [1.54, 1.807) is 4.90 Å². The Morgan fingerprint density at radius 3 is 2.50 bits per heavy atom. The maximum Gasteiger partial charge on any atom is 0.255 e. The van der Waals surface area contributed by atoms with Gasteiger partial charge in [0.1, 0.15) is 0 Å². The van der Waals surface area contributed by atoms with E-state index in [4.69, 9.17) is 10.1 Å². The number of nitrogens with zero attached hydrogens (tertiary/aromatic N) is 4. The Morgan fingerprint density at radius 1 is 1.27 bits per heavy atom. The van der Waals surface area contributed by atoms with E-state index in [0.29, 0.717) is 24.4 Å². The fourth-order valence-corrected chi connectivity index (χ4v) is 6.13. The van der Waals surface area contributed by atoms with E-state index in [0.717, 1.165) is 41.7 Å². The van der Waals surface area contributed by atoms with Gasteiger partial charge in [-0.25, -0.2) is 18.1 Å². The number of carbonyl (C=O) groups excluding carboxylic acids is 1. The lowest BCUT2D eigenvalue weighted by Crippen LogP contribution is -2.41. The van der Waals surface area contributed by atoms with Gasteiger partial charge >= 0.3 is 0 Å². The van der Waals surface area contributed by atoms with Crippen molar-refractivity contribution >= 4 is 26.8 Å². The molecule has 0 N–H and O–H groups in total. The van der Waals surface area contributed by atoms with E-state index >= 15 is 0 Å². The molecule has 1 saturated carbocycles. The van der Waals surface area contributed by atoms with Crippen LogP contribution in [0.2, 0.25) is 0 Å². The number of rotatable bonds is 5. The van der Waals surface area contributed by atoms with Gasteiger partial charge in [-0.3, -0.25) is 4.79 Å². The third-order valence-electron chi connectivity index (χ3n) is 6.07. The zero-order valence-corrected chi connectivity index (χ0v) is 19.4. The van der Waals surface area contributed by atoms with Gasteiger partial charge < -0.3 is 4.90 Å². The number of pyridine rings is 1. The van der Waals surface area contributed by atoms with Crippen molar-refractivity contribution in [3.05, 3.63) is 23.0 Å². The zero-order chi connectivity index (χ0) is 21.8. The predicted octanol–water partition coefficient (Wildman–Crippen LogP) is 3.41. The molecule has 2 aromatic rings. The predicted molar refractivity (Wildman–Crippen MR) is 118 cm³/mol. The molecule has 8 heteroatoms. The van der Waals surface area contributed by atoms with Crippen LogP contribution in [0, 0.1) is 6.92 Å². The van der Waals surface area contributed by atoms with E-state index < -0.39 is 9.84 Å². The number of aryl methyl sites for hydroxylation is 1. The van der Waals surface area contributed by atoms with E-state index in [-0.39, 0.29) is 29.0 Å². The topological polar surface area (TPSA) is 85.2 Å². The molecule has 1 aliphatic carbocycles. The lowest BCUT2D eigenvalue weighted by molar-refractivity contribution is 0.0699. The zero-order valence-electron chi connectivity index (χ0n) is 18.6. The van der Waals surface area contributed by atoms with Crippen LogP contribution in [0.3, 0.4) is 0 Å². The number of hydrogen-bond donors (Lipinski definition) is 0. The van der Waals surface area contributed by atoms with Crippen molar-refractivity contribution < 1.29 is 13.2 Å². The minimum atomic E-state index is -3.07. The van der Waals surface area contributed by atoms with Crippen molar-refractivity contribution in [2.75, 3.05) is 18.1 Å². The van der Waals surface area contributed by atoms with Crippen LogP contribution >= 0.6 is 0 Å². The van der Waals surface area contributed by atoms with Gasteiger partial charge in [0.15, 0.2) is 15.5 Å². The third kappa shape index (κ3) is 3.86.